The van der Waals surface area contributed by atoms with Crippen molar-refractivity contribution in [2.24, 2.45) is 4.99 Å². The number of benzene rings is 1. The minimum absolute atomic E-state index is 0.227. The summed E-state index contributed by atoms with van der Waals surface area (Å²) >= 11 is 1.69. The second-order valence-corrected chi connectivity index (χ2v) is 5.91. The van der Waals surface area contributed by atoms with Crippen molar-refractivity contribution in [1.29, 1.82) is 0 Å². The number of hydrogen-bond acceptors (Lipinski definition) is 3. The Kier molecular flexibility index (Phi) is 6.33. The van der Waals surface area contributed by atoms with Crippen LogP contribution in [0.3, 0.4) is 0 Å². The molecule has 0 fully saturated rings. The van der Waals surface area contributed by atoms with Gasteiger partial charge >= 0.3 is 0 Å². The number of aryl methyl sites for hydroxylation is 1. The average Bonchev–Trinajstić information content (AvgIpc) is 2.99. The third-order valence-corrected chi connectivity index (χ3v) is 4.21. The molecule has 2 N–H and O–H groups in total. The number of hydrogen-bond donors (Lipinski definition) is 2. The molecule has 1 heterocycles. The molecule has 4 nitrogen and oxygen atoms in total. The van der Waals surface area contributed by atoms with Crippen molar-refractivity contribution in [3.8, 4) is 0 Å². The Balaban J connectivity index is 1.96. The molecule has 0 amide bonds. The normalized spacial score (nSPS) is 11.5. The van der Waals surface area contributed by atoms with Crippen LogP contribution < -0.4 is 10.6 Å². The summed E-state index contributed by atoms with van der Waals surface area (Å²) in [4.78, 5) is 10.1. The fourth-order valence-corrected chi connectivity index (χ4v) is 2.69. The van der Waals surface area contributed by atoms with Gasteiger partial charge in [0.05, 0.1) is 13.1 Å². The highest BCUT2D eigenvalue weighted by atomic mass is 32.1. The van der Waals surface area contributed by atoms with Crippen molar-refractivity contribution >= 4 is 17.3 Å². The Morgan fingerprint density at radius 2 is 2.09 bits per heavy atom. The Bertz CT molecular complexity index is 624. The van der Waals surface area contributed by atoms with Crippen molar-refractivity contribution in [3.63, 3.8) is 0 Å². The highest BCUT2D eigenvalue weighted by Gasteiger charge is 2.04. The van der Waals surface area contributed by atoms with Gasteiger partial charge in [-0.05, 0) is 19.4 Å². The molecule has 2 aromatic rings. The molecular formula is C16H21FN4S. The number of aromatic nitrogens is 1. The molecule has 1 aromatic carbocycles. The quantitative estimate of drug-likeness (QED) is 0.635. The standard InChI is InChI=1S/C16H21FN4S/c1-3-13-10-19-15(22-13)11-21-16(18-4-2)20-9-12-7-5-6-8-14(12)17/h5-8,10H,3-4,9,11H2,1-2H3,(H2,18,20,21). The number of nitrogens with one attached hydrogen (secondary N) is 2. The second kappa shape index (κ2) is 8.48. The van der Waals surface area contributed by atoms with E-state index in [0.29, 0.717) is 24.6 Å². The molecule has 0 spiro atoms. The summed E-state index contributed by atoms with van der Waals surface area (Å²) in [5.74, 6) is 0.439. The lowest BCUT2D eigenvalue weighted by atomic mass is 10.2. The first-order valence-electron chi connectivity index (χ1n) is 7.42. The van der Waals surface area contributed by atoms with Gasteiger partial charge < -0.3 is 10.6 Å². The fraction of sp³-hybridized carbons (Fsp3) is 0.375. The zero-order valence-corrected chi connectivity index (χ0v) is 13.7. The van der Waals surface area contributed by atoms with Gasteiger partial charge in [-0.1, -0.05) is 25.1 Å². The number of guanidine groups is 1. The first-order valence-corrected chi connectivity index (χ1v) is 8.23. The van der Waals surface area contributed by atoms with Crippen LogP contribution in [0.25, 0.3) is 0 Å². The van der Waals surface area contributed by atoms with Crippen LogP contribution in [-0.2, 0) is 19.5 Å². The predicted molar refractivity (Wildman–Crippen MR) is 89.5 cm³/mol. The van der Waals surface area contributed by atoms with Gasteiger partial charge in [-0.15, -0.1) is 11.3 Å². The van der Waals surface area contributed by atoms with E-state index in [0.717, 1.165) is 18.0 Å². The van der Waals surface area contributed by atoms with Gasteiger partial charge in [-0.2, -0.15) is 0 Å². The van der Waals surface area contributed by atoms with E-state index in [1.165, 1.54) is 10.9 Å². The molecule has 118 valence electrons. The third-order valence-electron chi connectivity index (χ3n) is 3.07. The summed E-state index contributed by atoms with van der Waals surface area (Å²) in [5, 5.41) is 7.41. The summed E-state index contributed by atoms with van der Waals surface area (Å²) < 4.78 is 13.6. The number of rotatable bonds is 6. The molecule has 0 aliphatic carbocycles. The van der Waals surface area contributed by atoms with Gasteiger partial charge in [0.1, 0.15) is 10.8 Å². The summed E-state index contributed by atoms with van der Waals surface area (Å²) in [7, 11) is 0. The van der Waals surface area contributed by atoms with Gasteiger partial charge in [0, 0.05) is 23.2 Å². The summed E-state index contributed by atoms with van der Waals surface area (Å²) in [5.41, 5.74) is 0.585. The van der Waals surface area contributed by atoms with Crippen LogP contribution in [0.1, 0.15) is 29.3 Å². The molecule has 0 saturated carbocycles. The van der Waals surface area contributed by atoms with Crippen molar-refractivity contribution in [2.75, 3.05) is 6.54 Å². The van der Waals surface area contributed by atoms with E-state index >= 15 is 0 Å². The van der Waals surface area contributed by atoms with Crippen molar-refractivity contribution in [1.82, 2.24) is 15.6 Å². The highest BCUT2D eigenvalue weighted by Crippen LogP contribution is 2.13. The predicted octanol–water partition coefficient (Wildman–Crippen LogP) is 3.10. The van der Waals surface area contributed by atoms with E-state index in [2.05, 4.69) is 27.5 Å². The maximum atomic E-state index is 13.6. The summed E-state index contributed by atoms with van der Waals surface area (Å²) in [6.45, 7) is 5.79. The van der Waals surface area contributed by atoms with Crippen molar-refractivity contribution in [3.05, 3.63) is 51.7 Å². The molecule has 0 radical (unpaired) electrons. The summed E-state index contributed by atoms with van der Waals surface area (Å²) in [6.07, 6.45) is 2.91. The second-order valence-electron chi connectivity index (χ2n) is 4.71. The first-order chi connectivity index (χ1) is 10.7. The smallest absolute Gasteiger partial charge is 0.191 e. The van der Waals surface area contributed by atoms with Crippen LogP contribution >= 0.6 is 11.3 Å². The minimum Gasteiger partial charge on any atom is -0.357 e. The van der Waals surface area contributed by atoms with Crippen LogP contribution in [0.4, 0.5) is 4.39 Å². The fourth-order valence-electron chi connectivity index (χ4n) is 1.89. The molecule has 1 aromatic heterocycles. The van der Waals surface area contributed by atoms with E-state index in [9.17, 15) is 4.39 Å². The molecular weight excluding hydrogens is 299 g/mol. The van der Waals surface area contributed by atoms with Crippen LogP contribution in [-0.4, -0.2) is 17.5 Å². The van der Waals surface area contributed by atoms with Gasteiger partial charge in [0.25, 0.3) is 0 Å². The zero-order valence-electron chi connectivity index (χ0n) is 12.9. The molecule has 6 heteroatoms. The van der Waals surface area contributed by atoms with Gasteiger partial charge in [-0.3, -0.25) is 0 Å². The Morgan fingerprint density at radius 1 is 1.27 bits per heavy atom. The maximum absolute atomic E-state index is 13.6. The largest absolute Gasteiger partial charge is 0.357 e. The SMILES string of the molecule is CCNC(=NCc1ccccc1F)NCc1ncc(CC)s1. The molecule has 22 heavy (non-hydrogen) atoms. The molecule has 0 atom stereocenters. The Morgan fingerprint density at radius 3 is 2.77 bits per heavy atom. The number of aliphatic imine (C=N–C) groups is 1. The van der Waals surface area contributed by atoms with Crippen LogP contribution in [0, 0.1) is 5.82 Å². The number of halogens is 1. The topological polar surface area (TPSA) is 49.3 Å². The van der Waals surface area contributed by atoms with Crippen LogP contribution in [0.5, 0.6) is 0 Å². The van der Waals surface area contributed by atoms with E-state index in [1.54, 1.807) is 23.5 Å². The number of nitrogens with zero attached hydrogens (tertiary/aromatic N) is 2. The van der Waals surface area contributed by atoms with E-state index in [1.807, 2.05) is 19.2 Å². The van der Waals surface area contributed by atoms with Gasteiger partial charge in [0.15, 0.2) is 5.96 Å². The molecule has 0 unspecified atom stereocenters. The Labute approximate surface area is 134 Å². The Hall–Kier alpha value is -1.95. The van der Waals surface area contributed by atoms with E-state index < -0.39 is 0 Å². The lowest BCUT2D eigenvalue weighted by Crippen LogP contribution is -2.36. The van der Waals surface area contributed by atoms with Crippen molar-refractivity contribution in [2.45, 2.75) is 33.4 Å². The lowest BCUT2D eigenvalue weighted by Gasteiger charge is -2.10. The number of thiazole rings is 1. The lowest BCUT2D eigenvalue weighted by molar-refractivity contribution is 0.610. The zero-order chi connectivity index (χ0) is 15.8. The molecule has 0 aliphatic heterocycles. The third kappa shape index (κ3) is 4.80. The monoisotopic (exact) mass is 320 g/mol. The molecule has 0 saturated heterocycles. The first kappa shape index (κ1) is 16.4. The van der Waals surface area contributed by atoms with E-state index in [4.69, 9.17) is 0 Å². The minimum atomic E-state index is -0.227. The summed E-state index contributed by atoms with van der Waals surface area (Å²) in [6, 6.07) is 6.69. The van der Waals surface area contributed by atoms with E-state index in [-0.39, 0.29) is 5.82 Å². The van der Waals surface area contributed by atoms with Gasteiger partial charge in [0.2, 0.25) is 0 Å². The molecule has 2 rings (SSSR count). The van der Waals surface area contributed by atoms with Crippen molar-refractivity contribution < 1.29 is 4.39 Å². The highest BCUT2D eigenvalue weighted by molar-refractivity contribution is 7.11. The molecule has 0 aliphatic rings. The van der Waals surface area contributed by atoms with Crippen LogP contribution in [0.15, 0.2) is 35.5 Å². The van der Waals surface area contributed by atoms with Crippen LogP contribution in [0.2, 0.25) is 0 Å². The average molecular weight is 320 g/mol. The maximum Gasteiger partial charge on any atom is 0.191 e. The van der Waals surface area contributed by atoms with Gasteiger partial charge in [-0.25, -0.2) is 14.4 Å². The molecule has 0 bridgehead atoms.